The lowest BCUT2D eigenvalue weighted by Gasteiger charge is -2.12. The standard InChI is InChI=1S/C16H22N6O2S/c1-3-5-13-19-20-16(25-13)22-8-11(6-14(22)23)15(24)17-7-12-9-21(4-2)10-18-12/h9-11H,3-8H2,1-2H3,(H,17,24). The molecule has 1 atom stereocenters. The van der Waals surface area contributed by atoms with E-state index in [1.165, 1.54) is 11.3 Å². The van der Waals surface area contributed by atoms with Gasteiger partial charge in [-0.25, -0.2) is 4.98 Å². The lowest BCUT2D eigenvalue weighted by Crippen LogP contribution is -2.32. The van der Waals surface area contributed by atoms with Gasteiger partial charge in [0.05, 0.1) is 24.5 Å². The van der Waals surface area contributed by atoms with E-state index in [0.717, 1.165) is 30.1 Å². The molecule has 1 N–H and O–H groups in total. The van der Waals surface area contributed by atoms with Gasteiger partial charge in [0, 0.05) is 32.1 Å². The number of carbonyl (C=O) groups is 2. The van der Waals surface area contributed by atoms with Gasteiger partial charge in [0.2, 0.25) is 16.9 Å². The fourth-order valence-corrected chi connectivity index (χ4v) is 3.70. The van der Waals surface area contributed by atoms with Gasteiger partial charge in [0.1, 0.15) is 5.01 Å². The van der Waals surface area contributed by atoms with Crippen LogP contribution in [0.5, 0.6) is 0 Å². The van der Waals surface area contributed by atoms with E-state index < -0.39 is 0 Å². The lowest BCUT2D eigenvalue weighted by atomic mass is 10.1. The summed E-state index contributed by atoms with van der Waals surface area (Å²) in [7, 11) is 0. The quantitative estimate of drug-likeness (QED) is 0.803. The molecule has 2 amide bonds. The first-order valence-electron chi connectivity index (χ1n) is 8.51. The van der Waals surface area contributed by atoms with Crippen LogP contribution in [0.2, 0.25) is 0 Å². The normalized spacial score (nSPS) is 17.3. The van der Waals surface area contributed by atoms with Gasteiger partial charge in [-0.05, 0) is 13.3 Å². The average molecular weight is 362 g/mol. The number of aryl methyl sites for hydroxylation is 2. The minimum atomic E-state index is -0.362. The molecule has 9 heteroatoms. The van der Waals surface area contributed by atoms with Crippen LogP contribution in [0.3, 0.4) is 0 Å². The first-order valence-corrected chi connectivity index (χ1v) is 9.33. The van der Waals surface area contributed by atoms with E-state index in [-0.39, 0.29) is 24.2 Å². The van der Waals surface area contributed by atoms with Crippen molar-refractivity contribution < 1.29 is 9.59 Å². The Bertz CT molecular complexity index is 755. The number of amides is 2. The van der Waals surface area contributed by atoms with Crippen molar-refractivity contribution in [2.75, 3.05) is 11.4 Å². The smallest absolute Gasteiger partial charge is 0.229 e. The van der Waals surface area contributed by atoms with Gasteiger partial charge in [-0.3, -0.25) is 14.5 Å². The zero-order chi connectivity index (χ0) is 17.8. The monoisotopic (exact) mass is 362 g/mol. The second-order valence-electron chi connectivity index (χ2n) is 6.05. The highest BCUT2D eigenvalue weighted by atomic mass is 32.1. The van der Waals surface area contributed by atoms with Crippen molar-refractivity contribution in [2.45, 2.75) is 46.2 Å². The van der Waals surface area contributed by atoms with Crippen LogP contribution in [0.1, 0.15) is 37.4 Å². The Balaban J connectivity index is 1.56. The van der Waals surface area contributed by atoms with Crippen LogP contribution < -0.4 is 10.2 Å². The third-order valence-electron chi connectivity index (χ3n) is 4.14. The highest BCUT2D eigenvalue weighted by Gasteiger charge is 2.36. The highest BCUT2D eigenvalue weighted by molar-refractivity contribution is 7.15. The fraction of sp³-hybridized carbons (Fsp3) is 0.562. The third-order valence-corrected chi connectivity index (χ3v) is 5.15. The van der Waals surface area contributed by atoms with Crippen molar-refractivity contribution in [3.8, 4) is 0 Å². The molecule has 2 aromatic heterocycles. The minimum Gasteiger partial charge on any atom is -0.350 e. The van der Waals surface area contributed by atoms with Crippen molar-refractivity contribution in [3.63, 3.8) is 0 Å². The maximum Gasteiger partial charge on any atom is 0.229 e. The Kier molecular flexibility index (Phi) is 5.42. The van der Waals surface area contributed by atoms with Gasteiger partial charge < -0.3 is 9.88 Å². The number of hydrogen-bond donors (Lipinski definition) is 1. The third kappa shape index (κ3) is 4.04. The van der Waals surface area contributed by atoms with E-state index in [1.807, 2.05) is 17.7 Å². The summed E-state index contributed by atoms with van der Waals surface area (Å²) in [5.41, 5.74) is 0.810. The van der Waals surface area contributed by atoms with E-state index in [0.29, 0.717) is 18.2 Å². The molecule has 1 unspecified atom stereocenters. The first kappa shape index (κ1) is 17.5. The number of carbonyl (C=O) groups excluding carboxylic acids is 2. The van der Waals surface area contributed by atoms with E-state index in [1.54, 1.807) is 11.2 Å². The predicted molar refractivity (Wildman–Crippen MR) is 94.1 cm³/mol. The topological polar surface area (TPSA) is 93.0 Å². The van der Waals surface area contributed by atoms with Crippen LogP contribution in [0.25, 0.3) is 0 Å². The summed E-state index contributed by atoms with van der Waals surface area (Å²) in [5.74, 6) is -0.561. The molecule has 8 nitrogen and oxygen atoms in total. The van der Waals surface area contributed by atoms with Crippen LogP contribution in [-0.2, 0) is 29.1 Å². The van der Waals surface area contributed by atoms with Crippen LogP contribution in [-0.4, -0.2) is 38.1 Å². The number of imidazole rings is 1. The van der Waals surface area contributed by atoms with Gasteiger partial charge in [0.15, 0.2) is 0 Å². The summed E-state index contributed by atoms with van der Waals surface area (Å²) in [6, 6.07) is 0. The molecule has 2 aromatic rings. The molecule has 134 valence electrons. The minimum absolute atomic E-state index is 0.0744. The summed E-state index contributed by atoms with van der Waals surface area (Å²) in [6.07, 6.45) is 5.70. The number of nitrogens with one attached hydrogen (secondary N) is 1. The van der Waals surface area contributed by atoms with Crippen molar-refractivity contribution in [1.82, 2.24) is 25.1 Å². The van der Waals surface area contributed by atoms with Gasteiger partial charge in [-0.2, -0.15) is 0 Å². The van der Waals surface area contributed by atoms with E-state index in [2.05, 4.69) is 27.4 Å². The summed E-state index contributed by atoms with van der Waals surface area (Å²) in [4.78, 5) is 30.4. The first-order chi connectivity index (χ1) is 12.1. The Morgan fingerprint density at radius 2 is 2.24 bits per heavy atom. The molecular weight excluding hydrogens is 340 g/mol. The fourth-order valence-electron chi connectivity index (χ4n) is 2.73. The summed E-state index contributed by atoms with van der Waals surface area (Å²) < 4.78 is 1.95. The molecule has 0 saturated carbocycles. The van der Waals surface area contributed by atoms with Gasteiger partial charge >= 0.3 is 0 Å². The number of hydrogen-bond acceptors (Lipinski definition) is 6. The Morgan fingerprint density at radius 3 is 2.96 bits per heavy atom. The molecule has 1 aliphatic rings. The summed E-state index contributed by atoms with van der Waals surface area (Å²) in [6.45, 7) is 5.67. The molecule has 0 aliphatic carbocycles. The van der Waals surface area contributed by atoms with Crippen molar-refractivity contribution in [1.29, 1.82) is 0 Å². The van der Waals surface area contributed by atoms with Crippen LogP contribution in [0, 0.1) is 5.92 Å². The van der Waals surface area contributed by atoms with Crippen LogP contribution in [0.4, 0.5) is 5.13 Å². The average Bonchev–Trinajstić information content (AvgIpc) is 3.32. The molecule has 3 heterocycles. The molecule has 25 heavy (non-hydrogen) atoms. The maximum atomic E-state index is 12.4. The zero-order valence-electron chi connectivity index (χ0n) is 14.4. The van der Waals surface area contributed by atoms with E-state index >= 15 is 0 Å². The molecular formula is C16H22N6O2S. The molecule has 1 aliphatic heterocycles. The predicted octanol–water partition coefficient (Wildman–Crippen LogP) is 1.38. The van der Waals surface area contributed by atoms with Crippen molar-refractivity contribution in [2.24, 2.45) is 5.92 Å². The second kappa shape index (κ2) is 7.73. The van der Waals surface area contributed by atoms with Crippen LogP contribution in [0.15, 0.2) is 12.5 Å². The number of anilines is 1. The largest absolute Gasteiger partial charge is 0.350 e. The zero-order valence-corrected chi connectivity index (χ0v) is 15.3. The molecule has 3 rings (SSSR count). The molecule has 0 aromatic carbocycles. The van der Waals surface area contributed by atoms with Gasteiger partial charge in [-0.1, -0.05) is 18.3 Å². The van der Waals surface area contributed by atoms with Crippen LogP contribution >= 0.6 is 11.3 Å². The summed E-state index contributed by atoms with van der Waals surface area (Å²) in [5, 5.41) is 12.6. The van der Waals surface area contributed by atoms with Gasteiger partial charge in [-0.15, -0.1) is 10.2 Å². The number of rotatable bonds is 7. The SMILES string of the molecule is CCCc1nnc(N2CC(C(=O)NCc3cn(CC)cn3)CC2=O)s1. The lowest BCUT2D eigenvalue weighted by molar-refractivity contribution is -0.126. The van der Waals surface area contributed by atoms with Crippen molar-refractivity contribution >= 4 is 28.3 Å². The van der Waals surface area contributed by atoms with E-state index in [9.17, 15) is 9.59 Å². The Labute approximate surface area is 150 Å². The highest BCUT2D eigenvalue weighted by Crippen LogP contribution is 2.28. The molecule has 0 spiro atoms. The molecule has 1 fully saturated rings. The molecule has 0 bridgehead atoms. The van der Waals surface area contributed by atoms with Gasteiger partial charge in [0.25, 0.3) is 0 Å². The molecule has 1 saturated heterocycles. The second-order valence-corrected chi connectivity index (χ2v) is 7.09. The Hall–Kier alpha value is -2.29. The van der Waals surface area contributed by atoms with Crippen molar-refractivity contribution in [3.05, 3.63) is 23.2 Å². The summed E-state index contributed by atoms with van der Waals surface area (Å²) >= 11 is 1.43. The Morgan fingerprint density at radius 1 is 1.40 bits per heavy atom. The molecule has 0 radical (unpaired) electrons. The van der Waals surface area contributed by atoms with E-state index in [4.69, 9.17) is 0 Å². The maximum absolute atomic E-state index is 12.4. The number of nitrogens with zero attached hydrogens (tertiary/aromatic N) is 5. The number of aromatic nitrogens is 4.